The Morgan fingerprint density at radius 1 is 1.56 bits per heavy atom. The van der Waals surface area contributed by atoms with E-state index in [1.165, 1.54) is 24.3 Å². The minimum absolute atomic E-state index is 0.395. The van der Waals surface area contributed by atoms with Crippen molar-refractivity contribution in [1.29, 1.82) is 0 Å². The second kappa shape index (κ2) is 6.79. The average Bonchev–Trinajstić information content (AvgIpc) is 2.34. The average molecular weight is 252 g/mol. The van der Waals surface area contributed by atoms with Gasteiger partial charge in [0.1, 0.15) is 11.6 Å². The Balaban J connectivity index is 2.86. The van der Waals surface area contributed by atoms with Gasteiger partial charge in [0, 0.05) is 11.6 Å². The molecule has 0 aliphatic heterocycles. The van der Waals surface area contributed by atoms with Crippen LogP contribution in [0.3, 0.4) is 0 Å². The Labute approximate surface area is 106 Å². The van der Waals surface area contributed by atoms with Gasteiger partial charge in [0.25, 0.3) is 0 Å². The van der Waals surface area contributed by atoms with E-state index in [1.807, 2.05) is 0 Å². The van der Waals surface area contributed by atoms with Crippen molar-refractivity contribution in [3.63, 3.8) is 0 Å². The van der Waals surface area contributed by atoms with Crippen LogP contribution in [0.5, 0.6) is 5.75 Å². The molecule has 0 bridgehead atoms. The molecular formula is C14H17FO3. The van der Waals surface area contributed by atoms with Crippen molar-refractivity contribution in [1.82, 2.24) is 0 Å². The maximum atomic E-state index is 13.1. The molecular weight excluding hydrogens is 235 g/mol. The summed E-state index contributed by atoms with van der Waals surface area (Å²) in [6.07, 6.45) is 3.28. The molecule has 1 N–H and O–H groups in total. The first kappa shape index (κ1) is 14.2. The van der Waals surface area contributed by atoms with E-state index in [0.717, 1.165) is 12.5 Å². The fraction of sp³-hybridized carbons (Fsp3) is 0.357. The molecule has 4 heteroatoms. The van der Waals surface area contributed by atoms with Gasteiger partial charge in [-0.05, 0) is 30.2 Å². The van der Waals surface area contributed by atoms with Gasteiger partial charge in [-0.2, -0.15) is 0 Å². The van der Waals surface area contributed by atoms with E-state index >= 15 is 0 Å². The van der Waals surface area contributed by atoms with E-state index in [0.29, 0.717) is 23.8 Å². The van der Waals surface area contributed by atoms with Crippen LogP contribution in [-0.4, -0.2) is 17.7 Å². The lowest BCUT2D eigenvalue weighted by atomic mass is 10.1. The van der Waals surface area contributed by atoms with Gasteiger partial charge >= 0.3 is 5.97 Å². The van der Waals surface area contributed by atoms with Gasteiger partial charge in [-0.3, -0.25) is 0 Å². The summed E-state index contributed by atoms with van der Waals surface area (Å²) in [6, 6.07) is 4.06. The van der Waals surface area contributed by atoms with Crippen LogP contribution in [0.4, 0.5) is 4.39 Å². The summed E-state index contributed by atoms with van der Waals surface area (Å²) in [5, 5.41) is 8.57. The molecule has 1 unspecified atom stereocenters. The van der Waals surface area contributed by atoms with Crippen LogP contribution in [0, 0.1) is 11.7 Å². The van der Waals surface area contributed by atoms with E-state index in [-0.39, 0.29) is 0 Å². The van der Waals surface area contributed by atoms with Crippen molar-refractivity contribution in [2.24, 2.45) is 5.92 Å². The number of carbonyl (C=O) groups is 1. The molecule has 0 fully saturated rings. The first-order valence-corrected chi connectivity index (χ1v) is 5.86. The molecule has 1 rings (SSSR count). The highest BCUT2D eigenvalue weighted by Gasteiger charge is 2.06. The van der Waals surface area contributed by atoms with Crippen molar-refractivity contribution >= 4 is 12.0 Å². The van der Waals surface area contributed by atoms with Gasteiger partial charge in [-0.15, -0.1) is 0 Å². The number of hydrogen-bond donors (Lipinski definition) is 1. The normalized spacial score (nSPS) is 12.6. The Morgan fingerprint density at radius 2 is 2.28 bits per heavy atom. The van der Waals surface area contributed by atoms with Crippen molar-refractivity contribution in [3.05, 3.63) is 35.7 Å². The van der Waals surface area contributed by atoms with Crippen LogP contribution < -0.4 is 4.74 Å². The van der Waals surface area contributed by atoms with Crippen molar-refractivity contribution in [2.45, 2.75) is 20.3 Å². The van der Waals surface area contributed by atoms with E-state index in [1.54, 1.807) is 0 Å². The fourth-order valence-corrected chi connectivity index (χ4v) is 1.29. The second-order valence-electron chi connectivity index (χ2n) is 4.18. The summed E-state index contributed by atoms with van der Waals surface area (Å²) in [5.41, 5.74) is 0.431. The van der Waals surface area contributed by atoms with E-state index in [4.69, 9.17) is 9.84 Å². The third-order valence-corrected chi connectivity index (χ3v) is 2.60. The molecule has 0 spiro atoms. The summed E-state index contributed by atoms with van der Waals surface area (Å²) in [6.45, 7) is 4.64. The zero-order valence-corrected chi connectivity index (χ0v) is 10.5. The number of ether oxygens (including phenoxy) is 1. The molecule has 0 saturated heterocycles. The second-order valence-corrected chi connectivity index (χ2v) is 4.18. The standard InChI is InChI=1S/C14H17FO3/c1-3-10(2)9-18-13-6-5-12(15)8-11(13)4-7-14(16)17/h4-8,10H,3,9H2,1-2H3,(H,16,17)/b7-4+. The molecule has 98 valence electrons. The number of benzene rings is 1. The van der Waals surface area contributed by atoms with Gasteiger partial charge in [-0.25, -0.2) is 9.18 Å². The maximum Gasteiger partial charge on any atom is 0.328 e. The molecule has 0 aliphatic carbocycles. The maximum absolute atomic E-state index is 13.1. The highest BCUT2D eigenvalue weighted by atomic mass is 19.1. The van der Waals surface area contributed by atoms with Gasteiger partial charge in [-0.1, -0.05) is 20.3 Å². The molecule has 0 heterocycles. The minimum Gasteiger partial charge on any atom is -0.493 e. The third kappa shape index (κ3) is 4.57. The lowest BCUT2D eigenvalue weighted by molar-refractivity contribution is -0.131. The monoisotopic (exact) mass is 252 g/mol. The van der Waals surface area contributed by atoms with Crippen LogP contribution in [0.15, 0.2) is 24.3 Å². The number of hydrogen-bond acceptors (Lipinski definition) is 2. The molecule has 0 radical (unpaired) electrons. The highest BCUT2D eigenvalue weighted by Crippen LogP contribution is 2.22. The third-order valence-electron chi connectivity index (χ3n) is 2.60. The lowest BCUT2D eigenvalue weighted by Gasteiger charge is -2.13. The lowest BCUT2D eigenvalue weighted by Crippen LogP contribution is -2.08. The van der Waals surface area contributed by atoms with Crippen molar-refractivity contribution in [2.75, 3.05) is 6.61 Å². The molecule has 0 aliphatic rings. The minimum atomic E-state index is -1.08. The molecule has 1 atom stereocenters. The predicted molar refractivity (Wildman–Crippen MR) is 68.0 cm³/mol. The van der Waals surface area contributed by atoms with Gasteiger partial charge < -0.3 is 9.84 Å². The number of carboxylic acid groups (broad SMARTS) is 1. The molecule has 18 heavy (non-hydrogen) atoms. The summed E-state index contributed by atoms with van der Waals surface area (Å²) in [4.78, 5) is 10.5. The first-order valence-electron chi connectivity index (χ1n) is 5.86. The number of rotatable bonds is 6. The SMILES string of the molecule is CCC(C)COc1ccc(F)cc1/C=C/C(=O)O. The highest BCUT2D eigenvalue weighted by molar-refractivity contribution is 5.85. The summed E-state index contributed by atoms with van der Waals surface area (Å²) >= 11 is 0. The molecule has 3 nitrogen and oxygen atoms in total. The Kier molecular flexibility index (Phi) is 5.36. The largest absolute Gasteiger partial charge is 0.493 e. The molecule has 0 amide bonds. The Morgan fingerprint density at radius 3 is 2.89 bits per heavy atom. The van der Waals surface area contributed by atoms with Gasteiger partial charge in [0.15, 0.2) is 0 Å². The first-order chi connectivity index (χ1) is 8.52. The van der Waals surface area contributed by atoms with Gasteiger partial charge in [0.05, 0.1) is 6.61 Å². The summed E-state index contributed by atoms with van der Waals surface area (Å²) in [7, 11) is 0. The van der Waals surface area contributed by atoms with Crippen LogP contribution in [0.25, 0.3) is 6.08 Å². The van der Waals surface area contributed by atoms with Crippen molar-refractivity contribution < 1.29 is 19.0 Å². The summed E-state index contributed by atoms with van der Waals surface area (Å²) < 4.78 is 18.7. The molecule has 1 aromatic rings. The Bertz CT molecular complexity index is 441. The molecule has 0 saturated carbocycles. The summed E-state index contributed by atoms with van der Waals surface area (Å²) in [5.74, 6) is -0.608. The number of halogens is 1. The van der Waals surface area contributed by atoms with Crippen LogP contribution in [0.1, 0.15) is 25.8 Å². The van der Waals surface area contributed by atoms with E-state index < -0.39 is 11.8 Å². The zero-order chi connectivity index (χ0) is 13.5. The van der Waals surface area contributed by atoms with E-state index in [2.05, 4.69) is 13.8 Å². The van der Waals surface area contributed by atoms with Crippen LogP contribution in [-0.2, 0) is 4.79 Å². The van der Waals surface area contributed by atoms with E-state index in [9.17, 15) is 9.18 Å². The number of carboxylic acids is 1. The Hall–Kier alpha value is -1.84. The smallest absolute Gasteiger partial charge is 0.328 e. The van der Waals surface area contributed by atoms with Crippen LogP contribution in [0.2, 0.25) is 0 Å². The fourth-order valence-electron chi connectivity index (χ4n) is 1.29. The quantitative estimate of drug-likeness (QED) is 0.790. The predicted octanol–water partition coefficient (Wildman–Crippen LogP) is 3.35. The molecule has 0 aromatic heterocycles. The molecule has 1 aromatic carbocycles. The zero-order valence-electron chi connectivity index (χ0n) is 10.5. The van der Waals surface area contributed by atoms with Crippen molar-refractivity contribution in [3.8, 4) is 5.75 Å². The topological polar surface area (TPSA) is 46.5 Å². The number of aliphatic carboxylic acids is 1. The van der Waals surface area contributed by atoms with Gasteiger partial charge in [0.2, 0.25) is 0 Å². The van der Waals surface area contributed by atoms with Crippen LogP contribution >= 0.6 is 0 Å².